The van der Waals surface area contributed by atoms with Crippen LogP contribution in [0.5, 0.6) is 0 Å². The quantitative estimate of drug-likeness (QED) is 0.797. The van der Waals surface area contributed by atoms with Gasteiger partial charge in [0.2, 0.25) is 5.91 Å². The van der Waals surface area contributed by atoms with Gasteiger partial charge in [-0.15, -0.1) is 0 Å². The molecule has 4 heteroatoms. The second-order valence-electron chi connectivity index (χ2n) is 5.12. The predicted octanol–water partition coefficient (Wildman–Crippen LogP) is 2.60. The summed E-state index contributed by atoms with van der Waals surface area (Å²) < 4.78 is 13.4. The number of amides is 1. The smallest absolute Gasteiger partial charge is 0.223 e. The van der Waals surface area contributed by atoms with Crippen LogP contribution < -0.4 is 11.1 Å². The number of carbonyl (C=O) groups excluding carboxylic acids is 1. The fraction of sp³-hybridized carbons (Fsp3) is 0.533. The van der Waals surface area contributed by atoms with Gasteiger partial charge in [0.1, 0.15) is 5.82 Å². The van der Waals surface area contributed by atoms with Gasteiger partial charge in [-0.2, -0.15) is 0 Å². The zero-order chi connectivity index (χ0) is 14.3. The molecule has 1 rings (SSSR count). The summed E-state index contributed by atoms with van der Waals surface area (Å²) in [7, 11) is 0. The van der Waals surface area contributed by atoms with E-state index in [2.05, 4.69) is 5.32 Å². The molecule has 0 aliphatic carbocycles. The van der Waals surface area contributed by atoms with Crippen LogP contribution in [0.1, 0.15) is 38.7 Å². The summed E-state index contributed by atoms with van der Waals surface area (Å²) in [6.07, 6.45) is 2.67. The second kappa shape index (κ2) is 7.89. The normalized spacial score (nSPS) is 13.9. The molecule has 0 fully saturated rings. The Morgan fingerprint density at radius 2 is 2.00 bits per heavy atom. The Balaban J connectivity index is 2.32. The third kappa shape index (κ3) is 5.83. The molecule has 0 bridgehead atoms. The van der Waals surface area contributed by atoms with Crippen LogP contribution >= 0.6 is 0 Å². The van der Waals surface area contributed by atoms with Crippen molar-refractivity contribution >= 4 is 5.91 Å². The number of hydrogen-bond acceptors (Lipinski definition) is 2. The summed E-state index contributed by atoms with van der Waals surface area (Å²) >= 11 is 0. The lowest BCUT2D eigenvalue weighted by molar-refractivity contribution is -0.124. The molecule has 106 valence electrons. The Hall–Kier alpha value is -1.42. The molecule has 0 aliphatic heterocycles. The van der Waals surface area contributed by atoms with E-state index in [1.54, 1.807) is 18.2 Å². The Kier molecular flexibility index (Phi) is 6.50. The van der Waals surface area contributed by atoms with Gasteiger partial charge in [-0.3, -0.25) is 4.79 Å². The fourth-order valence-corrected chi connectivity index (χ4v) is 1.88. The van der Waals surface area contributed by atoms with Gasteiger partial charge < -0.3 is 11.1 Å². The van der Waals surface area contributed by atoms with E-state index in [1.807, 2.05) is 13.8 Å². The molecule has 0 aromatic heterocycles. The summed E-state index contributed by atoms with van der Waals surface area (Å²) in [6, 6.07) is 6.64. The molecular weight excluding hydrogens is 243 g/mol. The van der Waals surface area contributed by atoms with E-state index >= 15 is 0 Å². The standard InChI is InChI=1S/C15H23FN2O/c1-11(6-5-7-12(2)17)15(19)18-10-13-8-3-4-9-14(13)16/h3-4,8-9,11-12H,5-7,10,17H2,1-2H3,(H,18,19). The maximum atomic E-state index is 13.4. The molecule has 0 spiro atoms. The van der Waals surface area contributed by atoms with Crippen molar-refractivity contribution in [3.05, 3.63) is 35.6 Å². The van der Waals surface area contributed by atoms with Gasteiger partial charge in [-0.1, -0.05) is 31.5 Å². The minimum atomic E-state index is -0.285. The van der Waals surface area contributed by atoms with Gasteiger partial charge in [-0.25, -0.2) is 4.39 Å². The van der Waals surface area contributed by atoms with Gasteiger partial charge in [0.15, 0.2) is 0 Å². The maximum Gasteiger partial charge on any atom is 0.223 e. The average Bonchev–Trinajstić information content (AvgIpc) is 2.36. The van der Waals surface area contributed by atoms with Crippen molar-refractivity contribution in [2.24, 2.45) is 11.7 Å². The first-order valence-electron chi connectivity index (χ1n) is 6.77. The highest BCUT2D eigenvalue weighted by Crippen LogP contribution is 2.10. The van der Waals surface area contributed by atoms with Gasteiger partial charge in [0.05, 0.1) is 0 Å². The molecule has 0 saturated heterocycles. The zero-order valence-corrected chi connectivity index (χ0v) is 11.7. The minimum absolute atomic E-state index is 0.0343. The lowest BCUT2D eigenvalue weighted by atomic mass is 10.0. The van der Waals surface area contributed by atoms with E-state index in [9.17, 15) is 9.18 Å². The van der Waals surface area contributed by atoms with Crippen LogP contribution in [0.25, 0.3) is 0 Å². The van der Waals surface area contributed by atoms with Crippen molar-refractivity contribution in [1.29, 1.82) is 0 Å². The van der Waals surface area contributed by atoms with E-state index in [1.165, 1.54) is 6.07 Å². The van der Waals surface area contributed by atoms with Crippen molar-refractivity contribution in [3.63, 3.8) is 0 Å². The van der Waals surface area contributed by atoms with Crippen molar-refractivity contribution in [2.75, 3.05) is 0 Å². The average molecular weight is 266 g/mol. The SMILES string of the molecule is CC(N)CCCC(C)C(=O)NCc1ccccc1F. The number of nitrogens with two attached hydrogens (primary N) is 1. The molecule has 0 heterocycles. The highest BCUT2D eigenvalue weighted by Gasteiger charge is 2.13. The van der Waals surface area contributed by atoms with Crippen molar-refractivity contribution in [2.45, 2.75) is 45.7 Å². The largest absolute Gasteiger partial charge is 0.352 e. The summed E-state index contributed by atoms with van der Waals surface area (Å²) in [5.74, 6) is -0.383. The molecule has 1 amide bonds. The number of hydrogen-bond donors (Lipinski definition) is 2. The highest BCUT2D eigenvalue weighted by molar-refractivity contribution is 5.78. The Labute approximate surface area is 114 Å². The van der Waals surface area contributed by atoms with E-state index in [-0.39, 0.29) is 30.2 Å². The molecule has 2 atom stereocenters. The van der Waals surface area contributed by atoms with Crippen LogP contribution in [0.3, 0.4) is 0 Å². The van der Waals surface area contributed by atoms with Crippen LogP contribution in [0.15, 0.2) is 24.3 Å². The van der Waals surface area contributed by atoms with Crippen molar-refractivity contribution < 1.29 is 9.18 Å². The third-order valence-electron chi connectivity index (χ3n) is 3.16. The Morgan fingerprint density at radius 1 is 1.32 bits per heavy atom. The van der Waals surface area contributed by atoms with Gasteiger partial charge in [0.25, 0.3) is 0 Å². The molecule has 1 aromatic rings. The van der Waals surface area contributed by atoms with E-state index in [0.717, 1.165) is 19.3 Å². The van der Waals surface area contributed by atoms with Crippen molar-refractivity contribution in [1.82, 2.24) is 5.32 Å². The molecule has 19 heavy (non-hydrogen) atoms. The lowest BCUT2D eigenvalue weighted by Gasteiger charge is -2.13. The summed E-state index contributed by atoms with van der Waals surface area (Å²) in [5.41, 5.74) is 6.18. The molecular formula is C15H23FN2O. The van der Waals surface area contributed by atoms with E-state index < -0.39 is 0 Å². The van der Waals surface area contributed by atoms with E-state index in [4.69, 9.17) is 5.73 Å². The zero-order valence-electron chi connectivity index (χ0n) is 11.7. The number of rotatable bonds is 7. The van der Waals surface area contributed by atoms with Crippen LogP contribution in [-0.2, 0) is 11.3 Å². The van der Waals surface area contributed by atoms with Crippen LogP contribution in [0, 0.1) is 11.7 Å². The number of carbonyl (C=O) groups is 1. The number of halogens is 1. The molecule has 1 aromatic carbocycles. The highest BCUT2D eigenvalue weighted by atomic mass is 19.1. The molecule has 3 N–H and O–H groups in total. The molecule has 0 radical (unpaired) electrons. The summed E-state index contributed by atoms with van der Waals surface area (Å²) in [4.78, 5) is 11.8. The van der Waals surface area contributed by atoms with Crippen molar-refractivity contribution in [3.8, 4) is 0 Å². The molecule has 0 saturated carbocycles. The first kappa shape index (κ1) is 15.6. The van der Waals surface area contributed by atoms with Crippen LogP contribution in [0.4, 0.5) is 4.39 Å². The van der Waals surface area contributed by atoms with Gasteiger partial charge in [-0.05, 0) is 25.8 Å². The van der Waals surface area contributed by atoms with Crippen LogP contribution in [0.2, 0.25) is 0 Å². The van der Waals surface area contributed by atoms with Gasteiger partial charge >= 0.3 is 0 Å². The minimum Gasteiger partial charge on any atom is -0.352 e. The third-order valence-corrected chi connectivity index (χ3v) is 3.16. The van der Waals surface area contributed by atoms with Crippen LogP contribution in [-0.4, -0.2) is 11.9 Å². The second-order valence-corrected chi connectivity index (χ2v) is 5.12. The maximum absolute atomic E-state index is 13.4. The molecule has 3 nitrogen and oxygen atoms in total. The fourth-order valence-electron chi connectivity index (χ4n) is 1.88. The molecule has 0 aliphatic rings. The first-order chi connectivity index (χ1) is 9.00. The first-order valence-corrected chi connectivity index (χ1v) is 6.77. The molecule has 2 unspecified atom stereocenters. The van der Waals surface area contributed by atoms with Gasteiger partial charge in [0, 0.05) is 24.1 Å². The predicted molar refractivity (Wildman–Crippen MR) is 74.9 cm³/mol. The Bertz CT molecular complexity index is 407. The monoisotopic (exact) mass is 266 g/mol. The summed E-state index contributed by atoms with van der Waals surface area (Å²) in [5, 5.41) is 2.77. The van der Waals surface area contributed by atoms with E-state index in [0.29, 0.717) is 5.56 Å². The topological polar surface area (TPSA) is 55.1 Å². The number of benzene rings is 1. The Morgan fingerprint density at radius 3 is 2.63 bits per heavy atom. The summed E-state index contributed by atoms with van der Waals surface area (Å²) in [6.45, 7) is 4.09. The number of nitrogens with one attached hydrogen (secondary N) is 1. The lowest BCUT2D eigenvalue weighted by Crippen LogP contribution is -2.29.